The molecule has 0 bridgehead atoms. The molecule has 35 heavy (non-hydrogen) atoms. The summed E-state index contributed by atoms with van der Waals surface area (Å²) in [6.07, 6.45) is -6.03. The predicted octanol–water partition coefficient (Wildman–Crippen LogP) is -4.07. The van der Waals surface area contributed by atoms with E-state index in [0.717, 1.165) is 11.8 Å². The Hall–Kier alpha value is -2.31. The molecule has 0 aliphatic carbocycles. The fraction of sp³-hybridized carbons (Fsp3) is 0.684. The maximum atomic E-state index is 12.2. The molecule has 0 spiro atoms. The number of thioether (sulfide) groups is 1. The summed E-state index contributed by atoms with van der Waals surface area (Å²) in [6.45, 7) is -1.39. The maximum absolute atomic E-state index is 12.2. The quantitative estimate of drug-likeness (QED) is 0.0985. The molecular weight excluding hydrogens is 494 g/mol. The molecule has 0 aromatic rings. The van der Waals surface area contributed by atoms with E-state index in [2.05, 4.69) is 10.6 Å². The lowest BCUT2D eigenvalue weighted by Gasteiger charge is -2.39. The molecule has 200 valence electrons. The van der Waals surface area contributed by atoms with Crippen LogP contribution in [0.2, 0.25) is 0 Å². The van der Waals surface area contributed by atoms with Crippen molar-refractivity contribution in [3.63, 3.8) is 0 Å². The van der Waals surface area contributed by atoms with Crippen LogP contribution in [0.3, 0.4) is 0 Å². The van der Waals surface area contributed by atoms with Crippen molar-refractivity contribution in [1.82, 2.24) is 10.6 Å². The number of aliphatic carboxylic acids is 2. The topological polar surface area (TPSA) is 258 Å². The number of nitrogens with one attached hydrogen (secondary N) is 2. The average Bonchev–Trinajstić information content (AvgIpc) is 2.81. The number of aliphatic hydroxyl groups is 4. The van der Waals surface area contributed by atoms with E-state index in [4.69, 9.17) is 30.5 Å². The number of carboxylic acid groups (broad SMARTS) is 2. The van der Waals surface area contributed by atoms with Gasteiger partial charge in [-0.1, -0.05) is 6.08 Å². The highest BCUT2D eigenvalue weighted by Crippen LogP contribution is 2.22. The minimum atomic E-state index is -1.58. The van der Waals surface area contributed by atoms with E-state index in [1.54, 1.807) is 0 Å². The lowest BCUT2D eigenvalue weighted by molar-refractivity contribution is -0.298. The van der Waals surface area contributed by atoms with Crippen LogP contribution in [-0.4, -0.2) is 123 Å². The second kappa shape index (κ2) is 15.6. The summed E-state index contributed by atoms with van der Waals surface area (Å²) in [6, 6.07) is -2.38. The Balaban J connectivity index is 2.56. The molecule has 0 saturated carbocycles. The first kappa shape index (κ1) is 30.7. The van der Waals surface area contributed by atoms with Gasteiger partial charge in [-0.3, -0.25) is 19.2 Å². The maximum Gasteiger partial charge on any atom is 0.322 e. The number of carbonyl (C=O) groups is 4. The summed E-state index contributed by atoms with van der Waals surface area (Å²) in [4.78, 5) is 45.7. The fourth-order valence-corrected chi connectivity index (χ4v) is 3.51. The van der Waals surface area contributed by atoms with Crippen molar-refractivity contribution >= 4 is 35.5 Å². The standard InChI is InChI=1S/C19H31N3O12S/c20-9(18(31)32)2-3-12(24)22-10(17(30)21-6-13(25)26)8-35-5-1-4-33-19-16(29)15(28)14(27)11(7-23)34-19/h1,5,9-11,14-16,19,23,27-29H,2-4,6-8,20H2,(H,21,30)(H,22,24)(H,25,26)(H,31,32)/b5-1+/t9-,10-,11+,14+,15-,16+,19+/m0/s1. The van der Waals surface area contributed by atoms with Crippen LogP contribution in [0.1, 0.15) is 12.8 Å². The molecule has 7 atom stereocenters. The highest BCUT2D eigenvalue weighted by Gasteiger charge is 2.43. The molecule has 15 nitrogen and oxygen atoms in total. The number of nitrogens with two attached hydrogens (primary N) is 1. The molecule has 2 amide bonds. The van der Waals surface area contributed by atoms with Gasteiger partial charge in [-0.2, -0.15) is 0 Å². The number of carboxylic acids is 2. The third kappa shape index (κ3) is 10.9. The molecule has 1 aliphatic heterocycles. The van der Waals surface area contributed by atoms with Crippen LogP contribution in [0.15, 0.2) is 11.5 Å². The molecule has 1 heterocycles. The molecule has 0 aromatic carbocycles. The van der Waals surface area contributed by atoms with Crippen LogP contribution >= 0.6 is 11.8 Å². The second-order valence-corrected chi connectivity index (χ2v) is 8.39. The van der Waals surface area contributed by atoms with E-state index in [1.807, 2.05) is 0 Å². The molecule has 0 unspecified atom stereocenters. The van der Waals surface area contributed by atoms with Gasteiger partial charge >= 0.3 is 11.9 Å². The van der Waals surface area contributed by atoms with Crippen molar-refractivity contribution in [2.75, 3.05) is 25.5 Å². The molecule has 16 heteroatoms. The van der Waals surface area contributed by atoms with Crippen LogP contribution in [0, 0.1) is 0 Å². The van der Waals surface area contributed by atoms with Gasteiger partial charge in [0.2, 0.25) is 11.8 Å². The van der Waals surface area contributed by atoms with Gasteiger partial charge in [-0.05, 0) is 11.8 Å². The van der Waals surface area contributed by atoms with Gasteiger partial charge in [-0.15, -0.1) is 11.8 Å². The van der Waals surface area contributed by atoms with Crippen LogP contribution in [0.5, 0.6) is 0 Å². The van der Waals surface area contributed by atoms with Gasteiger partial charge in [-0.25, -0.2) is 0 Å². The highest BCUT2D eigenvalue weighted by atomic mass is 32.2. The molecular formula is C19H31N3O12S. The minimum Gasteiger partial charge on any atom is -0.480 e. The van der Waals surface area contributed by atoms with Crippen LogP contribution in [0.25, 0.3) is 0 Å². The molecule has 1 aliphatic rings. The lowest BCUT2D eigenvalue weighted by Crippen LogP contribution is -2.59. The number of hydrogen-bond donors (Lipinski definition) is 9. The van der Waals surface area contributed by atoms with E-state index in [1.165, 1.54) is 11.5 Å². The van der Waals surface area contributed by atoms with Crippen molar-refractivity contribution < 1.29 is 59.3 Å². The molecule has 0 aromatic heterocycles. The van der Waals surface area contributed by atoms with Gasteiger partial charge in [0.1, 0.15) is 43.0 Å². The summed E-state index contributed by atoms with van der Waals surface area (Å²) in [7, 11) is 0. The number of amides is 2. The van der Waals surface area contributed by atoms with E-state index in [0.29, 0.717) is 0 Å². The van der Waals surface area contributed by atoms with E-state index >= 15 is 0 Å². The third-order valence-corrected chi connectivity index (χ3v) is 5.64. The van der Waals surface area contributed by atoms with Crippen LogP contribution < -0.4 is 16.4 Å². The number of rotatable bonds is 15. The zero-order valence-corrected chi connectivity index (χ0v) is 19.4. The smallest absolute Gasteiger partial charge is 0.322 e. The normalized spacial score (nSPS) is 26.1. The number of ether oxygens (including phenoxy) is 2. The second-order valence-electron chi connectivity index (χ2n) is 7.45. The summed E-state index contributed by atoms with van der Waals surface area (Å²) < 4.78 is 10.5. The third-order valence-electron chi connectivity index (χ3n) is 4.73. The summed E-state index contributed by atoms with van der Waals surface area (Å²) in [5.74, 6) is -3.98. The Morgan fingerprint density at radius 2 is 1.80 bits per heavy atom. The summed E-state index contributed by atoms with van der Waals surface area (Å²) in [5, 5.41) is 62.0. The van der Waals surface area contributed by atoms with Crippen molar-refractivity contribution in [3.8, 4) is 0 Å². The monoisotopic (exact) mass is 525 g/mol. The van der Waals surface area contributed by atoms with Crippen molar-refractivity contribution in [3.05, 3.63) is 11.5 Å². The molecule has 10 N–H and O–H groups in total. The summed E-state index contributed by atoms with van der Waals surface area (Å²) >= 11 is 1.05. The Labute approximate surface area is 204 Å². The number of hydrogen-bond acceptors (Lipinski definition) is 12. The average molecular weight is 526 g/mol. The SMILES string of the molecule is N[C@@H](CCC(=O)N[C@@H](CS/C=C/CO[C@@H]1O[C@H](CO)[C@@H](O)[C@H](O)[C@H]1O)C(=O)NCC(=O)O)C(=O)O. The first-order chi connectivity index (χ1) is 16.5. The first-order valence-electron chi connectivity index (χ1n) is 10.4. The van der Waals surface area contributed by atoms with Gasteiger partial charge in [0.05, 0.1) is 13.2 Å². The fourth-order valence-electron chi connectivity index (χ4n) is 2.76. The Morgan fingerprint density at radius 3 is 2.40 bits per heavy atom. The van der Waals surface area contributed by atoms with E-state index in [-0.39, 0.29) is 25.2 Å². The predicted molar refractivity (Wildman–Crippen MR) is 119 cm³/mol. The summed E-state index contributed by atoms with van der Waals surface area (Å²) in [5.41, 5.74) is 5.34. The zero-order chi connectivity index (χ0) is 26.5. The van der Waals surface area contributed by atoms with Gasteiger partial charge in [0.15, 0.2) is 6.29 Å². The zero-order valence-electron chi connectivity index (χ0n) is 18.6. The van der Waals surface area contributed by atoms with Gasteiger partial charge < -0.3 is 56.5 Å². The van der Waals surface area contributed by atoms with Crippen LogP contribution in [0.4, 0.5) is 0 Å². The Kier molecular flexibility index (Phi) is 13.7. The number of aliphatic hydroxyl groups excluding tert-OH is 4. The lowest BCUT2D eigenvalue weighted by atomic mass is 9.99. The van der Waals surface area contributed by atoms with Gasteiger partial charge in [0.25, 0.3) is 0 Å². The van der Waals surface area contributed by atoms with Crippen molar-refractivity contribution in [2.45, 2.75) is 55.6 Å². The first-order valence-corrected chi connectivity index (χ1v) is 11.5. The van der Waals surface area contributed by atoms with E-state index in [9.17, 15) is 34.5 Å². The minimum absolute atomic E-state index is 0.0152. The van der Waals surface area contributed by atoms with E-state index < -0.39 is 79.7 Å². The van der Waals surface area contributed by atoms with Crippen molar-refractivity contribution in [2.24, 2.45) is 5.73 Å². The Morgan fingerprint density at radius 1 is 1.11 bits per heavy atom. The Bertz CT molecular complexity index is 753. The molecule has 1 rings (SSSR count). The van der Waals surface area contributed by atoms with Gasteiger partial charge in [0, 0.05) is 12.2 Å². The molecule has 0 radical (unpaired) electrons. The largest absolute Gasteiger partial charge is 0.480 e. The molecule has 1 fully saturated rings. The van der Waals surface area contributed by atoms with Crippen molar-refractivity contribution in [1.29, 1.82) is 0 Å². The highest BCUT2D eigenvalue weighted by molar-refractivity contribution is 8.02. The molecule has 1 saturated heterocycles. The number of carbonyl (C=O) groups excluding carboxylic acids is 2. The van der Waals surface area contributed by atoms with Crippen LogP contribution in [-0.2, 0) is 28.7 Å².